The fourth-order valence-corrected chi connectivity index (χ4v) is 2.78. The number of carbonyl (C=O) groups is 2. The van der Waals surface area contributed by atoms with Gasteiger partial charge in [0.1, 0.15) is 17.1 Å². The topological polar surface area (TPSA) is 75.4 Å². The number of hydrogen-bond donors (Lipinski definition) is 1. The maximum absolute atomic E-state index is 14.1. The molecule has 1 aromatic heterocycles. The van der Waals surface area contributed by atoms with Gasteiger partial charge in [-0.05, 0) is 26.8 Å². The highest BCUT2D eigenvalue weighted by Gasteiger charge is 2.50. The van der Waals surface area contributed by atoms with Crippen molar-refractivity contribution in [1.29, 1.82) is 0 Å². The summed E-state index contributed by atoms with van der Waals surface area (Å²) in [5.41, 5.74) is -0.00464. The van der Waals surface area contributed by atoms with Gasteiger partial charge in [0.15, 0.2) is 0 Å². The molecule has 1 N–H and O–H groups in total. The van der Waals surface area contributed by atoms with Gasteiger partial charge >= 0.3 is 6.03 Å². The van der Waals surface area contributed by atoms with Crippen LogP contribution in [0.25, 0.3) is 0 Å². The van der Waals surface area contributed by atoms with Crippen LogP contribution < -0.4 is 5.32 Å². The van der Waals surface area contributed by atoms with Gasteiger partial charge in [-0.3, -0.25) is 9.69 Å². The zero-order valence-corrected chi connectivity index (χ0v) is 13.0. The molecule has 0 bridgehead atoms. The molecule has 23 heavy (non-hydrogen) atoms. The van der Waals surface area contributed by atoms with Crippen LogP contribution in [0.15, 0.2) is 28.8 Å². The number of nitrogens with zero attached hydrogens (tertiary/aromatic N) is 2. The molecular formula is C16H16FN3O3. The molecule has 3 amide bonds. The average molecular weight is 317 g/mol. The molecule has 6 nitrogen and oxygen atoms in total. The predicted octanol–water partition coefficient (Wildman–Crippen LogP) is 2.40. The standard InChI is InChI=1S/C16H16FN3O3/c1-9-11(10(2)23-19-9)8-20-14(21)16(3,18-15(20)22)12-6-4-5-7-13(12)17/h4-7H,8H2,1-3H3,(H,18,22). The second kappa shape index (κ2) is 5.19. The van der Waals surface area contributed by atoms with Crippen molar-refractivity contribution in [2.75, 3.05) is 0 Å². The van der Waals surface area contributed by atoms with E-state index < -0.39 is 23.3 Å². The molecule has 1 saturated heterocycles. The van der Waals surface area contributed by atoms with E-state index in [1.54, 1.807) is 19.9 Å². The second-order valence-corrected chi connectivity index (χ2v) is 5.73. The van der Waals surface area contributed by atoms with E-state index in [1.807, 2.05) is 0 Å². The molecule has 1 aromatic carbocycles. The number of amides is 3. The Hall–Kier alpha value is -2.70. The average Bonchev–Trinajstić information content (AvgIpc) is 2.93. The quantitative estimate of drug-likeness (QED) is 0.882. The van der Waals surface area contributed by atoms with Crippen molar-refractivity contribution in [3.8, 4) is 0 Å². The summed E-state index contributed by atoms with van der Waals surface area (Å²) in [6.45, 7) is 4.99. The van der Waals surface area contributed by atoms with E-state index in [9.17, 15) is 14.0 Å². The lowest BCUT2D eigenvalue weighted by Crippen LogP contribution is -2.41. The van der Waals surface area contributed by atoms with E-state index in [1.165, 1.54) is 25.1 Å². The summed E-state index contributed by atoms with van der Waals surface area (Å²) in [6.07, 6.45) is 0. The van der Waals surface area contributed by atoms with Gasteiger partial charge in [-0.25, -0.2) is 9.18 Å². The van der Waals surface area contributed by atoms with Crippen molar-refractivity contribution in [1.82, 2.24) is 15.4 Å². The molecular weight excluding hydrogens is 301 g/mol. The van der Waals surface area contributed by atoms with Crippen LogP contribution in [0, 0.1) is 19.7 Å². The molecule has 1 unspecified atom stereocenters. The van der Waals surface area contributed by atoms with Crippen molar-refractivity contribution < 1.29 is 18.5 Å². The highest BCUT2D eigenvalue weighted by Crippen LogP contribution is 2.31. The van der Waals surface area contributed by atoms with Gasteiger partial charge in [0.25, 0.3) is 5.91 Å². The lowest BCUT2D eigenvalue weighted by molar-refractivity contribution is -0.131. The minimum absolute atomic E-state index is 0.0376. The molecule has 1 aliphatic rings. The summed E-state index contributed by atoms with van der Waals surface area (Å²) >= 11 is 0. The summed E-state index contributed by atoms with van der Waals surface area (Å²) in [7, 11) is 0. The van der Waals surface area contributed by atoms with Gasteiger partial charge in [0, 0.05) is 11.1 Å². The third kappa shape index (κ3) is 2.28. The number of aryl methyl sites for hydroxylation is 2. The lowest BCUT2D eigenvalue weighted by atomic mass is 9.91. The highest BCUT2D eigenvalue weighted by molar-refractivity contribution is 6.07. The number of urea groups is 1. The maximum atomic E-state index is 14.1. The first-order valence-electron chi connectivity index (χ1n) is 7.15. The van der Waals surface area contributed by atoms with Crippen molar-refractivity contribution in [3.63, 3.8) is 0 Å². The van der Waals surface area contributed by atoms with E-state index in [-0.39, 0.29) is 12.1 Å². The molecule has 0 saturated carbocycles. The normalized spacial score (nSPS) is 21.0. The van der Waals surface area contributed by atoms with Gasteiger partial charge < -0.3 is 9.84 Å². The number of benzene rings is 1. The fourth-order valence-electron chi connectivity index (χ4n) is 2.78. The van der Waals surface area contributed by atoms with Crippen LogP contribution in [0.1, 0.15) is 29.5 Å². The second-order valence-electron chi connectivity index (χ2n) is 5.73. The molecule has 3 rings (SSSR count). The Labute approximate surface area is 132 Å². The van der Waals surface area contributed by atoms with Crippen LogP contribution in [0.2, 0.25) is 0 Å². The van der Waals surface area contributed by atoms with Crippen LogP contribution in [0.3, 0.4) is 0 Å². The van der Waals surface area contributed by atoms with Gasteiger partial charge in [0.05, 0.1) is 12.2 Å². The molecule has 7 heteroatoms. The van der Waals surface area contributed by atoms with Crippen LogP contribution >= 0.6 is 0 Å². The first-order valence-corrected chi connectivity index (χ1v) is 7.15. The monoisotopic (exact) mass is 317 g/mol. The van der Waals surface area contributed by atoms with E-state index in [4.69, 9.17) is 4.52 Å². The van der Waals surface area contributed by atoms with E-state index in [0.717, 1.165) is 4.90 Å². The SMILES string of the molecule is Cc1noc(C)c1CN1C(=O)NC(C)(c2ccccc2F)C1=O. The first-order chi connectivity index (χ1) is 10.8. The summed E-state index contributed by atoms with van der Waals surface area (Å²) in [5.74, 6) is -0.502. The third-order valence-corrected chi connectivity index (χ3v) is 4.18. The Morgan fingerprint density at radius 2 is 2.00 bits per heavy atom. The molecule has 1 fully saturated rings. The van der Waals surface area contributed by atoms with Crippen molar-refractivity contribution in [3.05, 3.63) is 52.7 Å². The molecule has 1 atom stereocenters. The Morgan fingerprint density at radius 1 is 1.30 bits per heavy atom. The van der Waals surface area contributed by atoms with Gasteiger partial charge in [-0.2, -0.15) is 0 Å². The Kier molecular flexibility index (Phi) is 3.43. The molecule has 0 spiro atoms. The number of aromatic nitrogens is 1. The fraction of sp³-hybridized carbons (Fsp3) is 0.312. The van der Waals surface area contributed by atoms with Crippen molar-refractivity contribution in [2.45, 2.75) is 32.9 Å². The summed E-state index contributed by atoms with van der Waals surface area (Å²) in [6, 6.07) is 5.34. The van der Waals surface area contributed by atoms with Crippen molar-refractivity contribution >= 4 is 11.9 Å². The minimum Gasteiger partial charge on any atom is -0.361 e. The molecule has 0 aliphatic carbocycles. The number of imide groups is 1. The minimum atomic E-state index is -1.43. The van der Waals surface area contributed by atoms with E-state index in [2.05, 4.69) is 10.5 Å². The van der Waals surface area contributed by atoms with Crippen LogP contribution in [0.4, 0.5) is 9.18 Å². The molecule has 2 heterocycles. The van der Waals surface area contributed by atoms with Crippen LogP contribution in [0.5, 0.6) is 0 Å². The number of rotatable bonds is 3. The predicted molar refractivity (Wildman–Crippen MR) is 78.8 cm³/mol. The van der Waals surface area contributed by atoms with Gasteiger partial charge in [0.2, 0.25) is 0 Å². The molecule has 2 aromatic rings. The van der Waals surface area contributed by atoms with Crippen LogP contribution in [-0.4, -0.2) is 22.0 Å². The number of nitrogens with one attached hydrogen (secondary N) is 1. The molecule has 120 valence electrons. The summed E-state index contributed by atoms with van der Waals surface area (Å²) in [5, 5.41) is 6.40. The highest BCUT2D eigenvalue weighted by atomic mass is 19.1. The Bertz CT molecular complexity index is 782. The summed E-state index contributed by atoms with van der Waals surface area (Å²) in [4.78, 5) is 26.1. The molecule has 0 radical (unpaired) electrons. The zero-order valence-electron chi connectivity index (χ0n) is 13.0. The Morgan fingerprint density at radius 3 is 2.61 bits per heavy atom. The lowest BCUT2D eigenvalue weighted by Gasteiger charge is -2.22. The van der Waals surface area contributed by atoms with Gasteiger partial charge in [-0.15, -0.1) is 0 Å². The number of carbonyl (C=O) groups excluding carboxylic acids is 2. The van der Waals surface area contributed by atoms with E-state index in [0.29, 0.717) is 17.0 Å². The first kappa shape index (κ1) is 15.2. The smallest absolute Gasteiger partial charge is 0.325 e. The number of halogens is 1. The summed E-state index contributed by atoms with van der Waals surface area (Å²) < 4.78 is 19.1. The zero-order chi connectivity index (χ0) is 16.8. The van der Waals surface area contributed by atoms with Crippen LogP contribution in [-0.2, 0) is 16.9 Å². The third-order valence-electron chi connectivity index (χ3n) is 4.18. The maximum Gasteiger partial charge on any atom is 0.325 e. The van der Waals surface area contributed by atoms with E-state index >= 15 is 0 Å². The van der Waals surface area contributed by atoms with Crippen molar-refractivity contribution in [2.24, 2.45) is 0 Å². The largest absolute Gasteiger partial charge is 0.361 e. The van der Waals surface area contributed by atoms with Gasteiger partial charge in [-0.1, -0.05) is 23.4 Å². The Balaban J connectivity index is 1.96. The number of hydrogen-bond acceptors (Lipinski definition) is 4. The molecule has 1 aliphatic heterocycles.